The molecule has 0 unspecified atom stereocenters. The Kier molecular flexibility index (Phi) is 10.1. The van der Waals surface area contributed by atoms with Crippen molar-refractivity contribution in [1.29, 1.82) is 0 Å². The number of nitrogens with zero attached hydrogens (tertiary/aromatic N) is 2. The van der Waals surface area contributed by atoms with Crippen molar-refractivity contribution in [2.24, 2.45) is 9.98 Å². The van der Waals surface area contributed by atoms with E-state index in [-0.39, 0.29) is 0 Å². The van der Waals surface area contributed by atoms with Gasteiger partial charge in [0.1, 0.15) is 11.5 Å². The third kappa shape index (κ3) is 6.98. The fourth-order valence-corrected chi connectivity index (χ4v) is 5.26. The Morgan fingerprint density at radius 3 is 1.32 bits per heavy atom. The Hall–Kier alpha value is -3.92. The molecule has 0 atom stereocenters. The van der Waals surface area contributed by atoms with Crippen LogP contribution < -0.4 is 0 Å². The number of aromatic hydroxyl groups is 2. The second-order valence-electron chi connectivity index (χ2n) is 10.6. The first-order valence-electron chi connectivity index (χ1n) is 14.8. The summed E-state index contributed by atoms with van der Waals surface area (Å²) < 4.78 is 0. The molecule has 208 valence electrons. The number of hydrogen-bond donors (Lipinski definition) is 2. The van der Waals surface area contributed by atoms with Gasteiger partial charge in [0.15, 0.2) is 0 Å². The Morgan fingerprint density at radius 2 is 0.950 bits per heavy atom. The van der Waals surface area contributed by atoms with Gasteiger partial charge in [0.05, 0.1) is 11.4 Å². The predicted molar refractivity (Wildman–Crippen MR) is 171 cm³/mol. The minimum absolute atomic E-state index is 0.303. The van der Waals surface area contributed by atoms with Gasteiger partial charge in [-0.3, -0.25) is 9.98 Å². The zero-order valence-electron chi connectivity index (χ0n) is 24.4. The Bertz CT molecular complexity index is 1400. The van der Waals surface area contributed by atoms with Gasteiger partial charge in [-0.1, -0.05) is 89.8 Å². The number of aryl methyl sites for hydroxylation is 4. The number of aliphatic imine (C=N–C) groups is 2. The van der Waals surface area contributed by atoms with Crippen molar-refractivity contribution in [2.45, 2.75) is 79.1 Å². The molecule has 0 spiro atoms. The highest BCUT2D eigenvalue weighted by molar-refractivity contribution is 5.96. The quantitative estimate of drug-likeness (QED) is 0.178. The summed E-state index contributed by atoms with van der Waals surface area (Å²) in [6.45, 7) is 8.58. The van der Waals surface area contributed by atoms with Gasteiger partial charge in [0, 0.05) is 23.6 Å². The summed E-state index contributed by atoms with van der Waals surface area (Å²) in [5, 5.41) is 24.2. The molecule has 40 heavy (non-hydrogen) atoms. The molecule has 0 saturated carbocycles. The zero-order valence-corrected chi connectivity index (χ0v) is 24.4. The highest BCUT2D eigenvalue weighted by Gasteiger charge is 2.11. The summed E-state index contributed by atoms with van der Waals surface area (Å²) in [6, 6.07) is 20.6. The summed E-state index contributed by atoms with van der Waals surface area (Å²) in [5.41, 5.74) is 7.25. The van der Waals surface area contributed by atoms with E-state index < -0.39 is 0 Å². The number of hydrogen-bond acceptors (Lipinski definition) is 4. The smallest absolute Gasteiger partial charge is 0.127 e. The molecule has 2 N–H and O–H groups in total. The molecule has 0 aliphatic heterocycles. The molecule has 4 nitrogen and oxygen atoms in total. The second-order valence-corrected chi connectivity index (χ2v) is 10.6. The van der Waals surface area contributed by atoms with Crippen LogP contribution in [0.5, 0.6) is 11.5 Å². The van der Waals surface area contributed by atoms with E-state index in [2.05, 4.69) is 52.0 Å². The van der Waals surface area contributed by atoms with Gasteiger partial charge in [-0.2, -0.15) is 0 Å². The van der Waals surface area contributed by atoms with Gasteiger partial charge in [0.2, 0.25) is 0 Å². The highest BCUT2D eigenvalue weighted by Crippen LogP contribution is 2.35. The predicted octanol–water partition coefficient (Wildman–Crippen LogP) is 9.56. The molecule has 4 rings (SSSR count). The van der Waals surface area contributed by atoms with Crippen LogP contribution in [0.4, 0.5) is 11.4 Å². The van der Waals surface area contributed by atoms with Crippen LogP contribution in [0, 0.1) is 0 Å². The molecule has 0 bridgehead atoms. The van der Waals surface area contributed by atoms with Crippen molar-refractivity contribution in [3.05, 3.63) is 94.0 Å². The Morgan fingerprint density at radius 1 is 0.550 bits per heavy atom. The van der Waals surface area contributed by atoms with Gasteiger partial charge in [-0.05, 0) is 83.0 Å². The molecular formula is C36H42N2O2. The molecule has 0 aliphatic carbocycles. The van der Waals surface area contributed by atoms with E-state index in [1.807, 2.05) is 36.4 Å². The fourth-order valence-electron chi connectivity index (χ4n) is 5.26. The lowest BCUT2D eigenvalue weighted by molar-refractivity contribution is 0.466. The maximum Gasteiger partial charge on any atom is 0.127 e. The summed E-state index contributed by atoms with van der Waals surface area (Å²) in [4.78, 5) is 9.71. The molecule has 4 aromatic carbocycles. The van der Waals surface area contributed by atoms with Crippen molar-refractivity contribution in [3.63, 3.8) is 0 Å². The van der Waals surface area contributed by atoms with E-state index >= 15 is 0 Å². The lowest BCUT2D eigenvalue weighted by atomic mass is 9.99. The third-order valence-corrected chi connectivity index (χ3v) is 7.20. The van der Waals surface area contributed by atoms with Gasteiger partial charge >= 0.3 is 0 Å². The van der Waals surface area contributed by atoms with Crippen LogP contribution in [0.3, 0.4) is 0 Å². The minimum Gasteiger partial charge on any atom is -0.507 e. The molecule has 0 fully saturated rings. The first-order chi connectivity index (χ1) is 19.5. The summed E-state index contributed by atoms with van der Waals surface area (Å²) >= 11 is 0. The van der Waals surface area contributed by atoms with Gasteiger partial charge in [-0.15, -0.1) is 0 Å². The molecule has 0 radical (unpaired) electrons. The van der Waals surface area contributed by atoms with E-state index in [4.69, 9.17) is 9.98 Å². The van der Waals surface area contributed by atoms with Gasteiger partial charge < -0.3 is 10.2 Å². The lowest BCUT2D eigenvalue weighted by Gasteiger charge is -2.11. The van der Waals surface area contributed by atoms with E-state index in [1.165, 1.54) is 11.1 Å². The first-order valence-corrected chi connectivity index (χ1v) is 14.8. The molecule has 0 aliphatic rings. The van der Waals surface area contributed by atoms with Crippen LogP contribution >= 0.6 is 0 Å². The Labute approximate surface area is 239 Å². The largest absolute Gasteiger partial charge is 0.507 e. The van der Waals surface area contributed by atoms with Gasteiger partial charge in [0.25, 0.3) is 0 Å². The third-order valence-electron chi connectivity index (χ3n) is 7.20. The van der Waals surface area contributed by atoms with Crippen molar-refractivity contribution >= 4 is 34.6 Å². The Balaban J connectivity index is 1.79. The minimum atomic E-state index is 0.303. The monoisotopic (exact) mass is 534 g/mol. The summed E-state index contributed by atoms with van der Waals surface area (Å²) in [7, 11) is 0. The van der Waals surface area contributed by atoms with Crippen molar-refractivity contribution in [2.75, 3.05) is 0 Å². The van der Waals surface area contributed by atoms with E-state index in [9.17, 15) is 10.2 Å². The van der Waals surface area contributed by atoms with Crippen LogP contribution in [-0.2, 0) is 25.7 Å². The molecular weight excluding hydrogens is 492 g/mol. The lowest BCUT2D eigenvalue weighted by Crippen LogP contribution is -1.95. The van der Waals surface area contributed by atoms with Crippen molar-refractivity contribution in [1.82, 2.24) is 0 Å². The van der Waals surface area contributed by atoms with Crippen LogP contribution in [0.15, 0.2) is 70.6 Å². The van der Waals surface area contributed by atoms with E-state index in [0.29, 0.717) is 22.9 Å². The normalized spacial score (nSPS) is 11.8. The van der Waals surface area contributed by atoms with Crippen LogP contribution in [0.25, 0.3) is 10.8 Å². The maximum absolute atomic E-state index is 11.0. The maximum atomic E-state index is 11.0. The standard InChI is InChI=1S/C36H42N2O2/c1-5-11-25-17-29(13-7-3)35(39)31(19-25)23-37-33-21-27-15-9-10-16-28(27)22-34(33)38-24-32-20-26(12-6-2)18-30(14-8-4)36(32)40/h9-10,15-24,39-40H,5-8,11-14H2,1-4H3. The first kappa shape index (κ1) is 29.1. The van der Waals surface area contributed by atoms with Crippen LogP contribution in [0.1, 0.15) is 86.8 Å². The van der Waals surface area contributed by atoms with Gasteiger partial charge in [-0.25, -0.2) is 0 Å². The van der Waals surface area contributed by atoms with Crippen LogP contribution in [-0.4, -0.2) is 22.6 Å². The molecule has 0 saturated heterocycles. The van der Waals surface area contributed by atoms with E-state index in [1.54, 1.807) is 12.4 Å². The number of benzene rings is 4. The molecule has 4 heteroatoms. The number of phenols is 2. The summed E-state index contributed by atoms with van der Waals surface area (Å²) in [6.07, 6.45) is 11.1. The number of rotatable bonds is 12. The number of phenolic OH excluding ortho intramolecular Hbond substituents is 2. The summed E-state index contributed by atoms with van der Waals surface area (Å²) in [5.74, 6) is 0.606. The fraction of sp³-hybridized carbons (Fsp3) is 0.333. The van der Waals surface area contributed by atoms with E-state index in [0.717, 1.165) is 84.4 Å². The van der Waals surface area contributed by atoms with Crippen LogP contribution in [0.2, 0.25) is 0 Å². The SMILES string of the molecule is CCCc1cc(C=Nc2cc3ccccc3cc2N=Cc2cc(CCC)cc(CCC)c2O)c(O)c(CCC)c1. The van der Waals surface area contributed by atoms with Crippen molar-refractivity contribution in [3.8, 4) is 11.5 Å². The zero-order chi connectivity index (χ0) is 28.5. The molecule has 0 heterocycles. The average molecular weight is 535 g/mol. The molecule has 4 aromatic rings. The number of fused-ring (bicyclic) bond motifs is 1. The topological polar surface area (TPSA) is 65.2 Å². The molecule has 0 amide bonds. The average Bonchev–Trinajstić information content (AvgIpc) is 2.95. The molecule has 0 aromatic heterocycles. The highest BCUT2D eigenvalue weighted by atomic mass is 16.3. The second kappa shape index (κ2) is 13.9. The van der Waals surface area contributed by atoms with Crippen molar-refractivity contribution < 1.29 is 10.2 Å².